The number of carbonyl (C=O) groups is 2. The summed E-state index contributed by atoms with van der Waals surface area (Å²) in [6.45, 7) is 1.56. The highest BCUT2D eigenvalue weighted by Gasteiger charge is 2.15. The minimum Gasteiger partial charge on any atom is -0.497 e. The van der Waals surface area contributed by atoms with Gasteiger partial charge in [-0.1, -0.05) is 48.5 Å². The molecule has 0 aliphatic carbocycles. The van der Waals surface area contributed by atoms with E-state index in [0.717, 1.165) is 16.3 Å². The maximum Gasteiger partial charge on any atom is 0.338 e. The Morgan fingerprint density at radius 3 is 2.56 bits per heavy atom. The van der Waals surface area contributed by atoms with Gasteiger partial charge in [0.25, 0.3) is 5.91 Å². The summed E-state index contributed by atoms with van der Waals surface area (Å²) in [4.78, 5) is 24.3. The number of carbonyl (C=O) groups excluding carboxylic acids is 2. The number of nitrogens with one attached hydrogen (secondary N) is 1. The Kier molecular flexibility index (Phi) is 5.71. The van der Waals surface area contributed by atoms with Crippen LogP contribution in [-0.2, 0) is 9.53 Å². The van der Waals surface area contributed by atoms with Crippen molar-refractivity contribution in [3.8, 4) is 5.75 Å². The van der Waals surface area contributed by atoms with E-state index in [2.05, 4.69) is 5.32 Å². The van der Waals surface area contributed by atoms with E-state index in [1.807, 2.05) is 49.4 Å². The van der Waals surface area contributed by atoms with Crippen molar-refractivity contribution in [2.45, 2.75) is 13.0 Å². The molecule has 1 unspecified atom stereocenters. The van der Waals surface area contributed by atoms with Gasteiger partial charge in [-0.2, -0.15) is 0 Å². The monoisotopic (exact) mass is 363 g/mol. The molecule has 0 heterocycles. The fraction of sp³-hybridized carbons (Fsp3) is 0.182. The zero-order valence-electron chi connectivity index (χ0n) is 15.3. The fourth-order valence-electron chi connectivity index (χ4n) is 2.95. The third kappa shape index (κ3) is 4.44. The molecule has 5 heteroatoms. The highest BCUT2D eigenvalue weighted by molar-refractivity contribution is 5.92. The first-order chi connectivity index (χ1) is 13.1. The minimum absolute atomic E-state index is 0.209. The Hall–Kier alpha value is -3.34. The van der Waals surface area contributed by atoms with Crippen molar-refractivity contribution >= 4 is 22.6 Å². The van der Waals surface area contributed by atoms with E-state index >= 15 is 0 Å². The van der Waals surface area contributed by atoms with Crippen molar-refractivity contribution in [3.05, 3.63) is 77.9 Å². The normalized spacial score (nSPS) is 11.6. The molecule has 0 aliphatic heterocycles. The van der Waals surface area contributed by atoms with Gasteiger partial charge >= 0.3 is 5.97 Å². The van der Waals surface area contributed by atoms with Crippen molar-refractivity contribution in [1.82, 2.24) is 5.32 Å². The maximum absolute atomic E-state index is 12.2. The second-order valence-corrected chi connectivity index (χ2v) is 6.17. The van der Waals surface area contributed by atoms with Gasteiger partial charge in [0.05, 0.1) is 18.7 Å². The summed E-state index contributed by atoms with van der Waals surface area (Å²) in [7, 11) is 1.52. The predicted octanol–water partition coefficient (Wildman–Crippen LogP) is 3.88. The summed E-state index contributed by atoms with van der Waals surface area (Å²) in [6.07, 6.45) is 0. The number of amides is 1. The molecule has 3 rings (SSSR count). The van der Waals surface area contributed by atoms with Gasteiger partial charge in [-0.15, -0.1) is 0 Å². The molecule has 3 aromatic carbocycles. The molecule has 0 fully saturated rings. The van der Waals surface area contributed by atoms with Gasteiger partial charge in [0.15, 0.2) is 6.61 Å². The van der Waals surface area contributed by atoms with E-state index in [9.17, 15) is 9.59 Å². The lowest BCUT2D eigenvalue weighted by atomic mass is 10.00. The van der Waals surface area contributed by atoms with Crippen LogP contribution in [0, 0.1) is 0 Å². The summed E-state index contributed by atoms with van der Waals surface area (Å²) < 4.78 is 10.2. The highest BCUT2D eigenvalue weighted by Crippen LogP contribution is 2.24. The molecule has 1 atom stereocenters. The first-order valence-electron chi connectivity index (χ1n) is 8.66. The Balaban J connectivity index is 1.61. The van der Waals surface area contributed by atoms with Gasteiger partial charge in [-0.3, -0.25) is 4.79 Å². The van der Waals surface area contributed by atoms with E-state index in [1.165, 1.54) is 7.11 Å². The molecular formula is C22H21NO4. The number of fused-ring (bicyclic) bond motifs is 1. The van der Waals surface area contributed by atoms with Crippen LogP contribution in [0.2, 0.25) is 0 Å². The Morgan fingerprint density at radius 1 is 1.00 bits per heavy atom. The molecule has 0 aliphatic rings. The second kappa shape index (κ2) is 8.36. The van der Waals surface area contributed by atoms with Crippen LogP contribution in [0.3, 0.4) is 0 Å². The number of hydrogen-bond acceptors (Lipinski definition) is 4. The lowest BCUT2D eigenvalue weighted by molar-refractivity contribution is -0.124. The average Bonchev–Trinajstić information content (AvgIpc) is 2.71. The molecule has 0 bridgehead atoms. The van der Waals surface area contributed by atoms with Gasteiger partial charge in [0.2, 0.25) is 0 Å². The van der Waals surface area contributed by atoms with Crippen molar-refractivity contribution in [2.24, 2.45) is 0 Å². The number of ether oxygens (including phenoxy) is 2. The average molecular weight is 363 g/mol. The SMILES string of the molecule is COc1cccc(C(=O)OCC(=O)NC(C)c2cccc3ccccc23)c1. The van der Waals surface area contributed by atoms with Crippen LogP contribution in [-0.4, -0.2) is 25.6 Å². The zero-order valence-corrected chi connectivity index (χ0v) is 15.3. The van der Waals surface area contributed by atoms with E-state index < -0.39 is 5.97 Å². The molecule has 5 nitrogen and oxygen atoms in total. The lowest BCUT2D eigenvalue weighted by Gasteiger charge is -2.16. The summed E-state index contributed by atoms with van der Waals surface area (Å²) >= 11 is 0. The molecule has 1 amide bonds. The van der Waals surface area contributed by atoms with Crippen LogP contribution < -0.4 is 10.1 Å². The van der Waals surface area contributed by atoms with Gasteiger partial charge in [0.1, 0.15) is 5.75 Å². The minimum atomic E-state index is -0.568. The smallest absolute Gasteiger partial charge is 0.338 e. The van der Waals surface area contributed by atoms with E-state index in [-0.39, 0.29) is 18.6 Å². The summed E-state index contributed by atoms with van der Waals surface area (Å²) in [5.41, 5.74) is 1.35. The molecule has 0 radical (unpaired) electrons. The molecule has 0 aromatic heterocycles. The largest absolute Gasteiger partial charge is 0.497 e. The standard InChI is InChI=1S/C22H21NO4/c1-15(19-12-6-8-16-7-3-4-11-20(16)19)23-21(24)14-27-22(25)17-9-5-10-18(13-17)26-2/h3-13,15H,14H2,1-2H3,(H,23,24). The molecule has 0 saturated carbocycles. The topological polar surface area (TPSA) is 64.6 Å². The molecule has 0 spiro atoms. The predicted molar refractivity (Wildman–Crippen MR) is 104 cm³/mol. The van der Waals surface area contributed by atoms with Crippen molar-refractivity contribution < 1.29 is 19.1 Å². The Morgan fingerprint density at radius 2 is 1.74 bits per heavy atom. The van der Waals surface area contributed by atoms with Crippen molar-refractivity contribution in [1.29, 1.82) is 0 Å². The number of methoxy groups -OCH3 is 1. The third-order valence-corrected chi connectivity index (χ3v) is 4.31. The quantitative estimate of drug-likeness (QED) is 0.675. The maximum atomic E-state index is 12.2. The first-order valence-corrected chi connectivity index (χ1v) is 8.66. The number of benzene rings is 3. The molecule has 3 aromatic rings. The summed E-state index contributed by atoms with van der Waals surface area (Å²) in [5, 5.41) is 5.07. The van der Waals surface area contributed by atoms with E-state index in [0.29, 0.717) is 11.3 Å². The van der Waals surface area contributed by atoms with Gasteiger partial charge in [-0.25, -0.2) is 4.79 Å². The van der Waals surface area contributed by atoms with Gasteiger partial charge in [-0.05, 0) is 41.5 Å². The van der Waals surface area contributed by atoms with Crippen LogP contribution in [0.1, 0.15) is 28.9 Å². The summed E-state index contributed by atoms with van der Waals surface area (Å²) in [6, 6.07) is 20.4. The Bertz CT molecular complexity index is 962. The number of esters is 1. The zero-order chi connectivity index (χ0) is 19.2. The van der Waals surface area contributed by atoms with Crippen LogP contribution in [0.25, 0.3) is 10.8 Å². The molecule has 0 saturated heterocycles. The molecule has 27 heavy (non-hydrogen) atoms. The van der Waals surface area contributed by atoms with Crippen LogP contribution in [0.4, 0.5) is 0 Å². The Labute approximate surface area is 157 Å². The van der Waals surface area contributed by atoms with Crippen molar-refractivity contribution in [2.75, 3.05) is 13.7 Å². The highest BCUT2D eigenvalue weighted by atomic mass is 16.5. The second-order valence-electron chi connectivity index (χ2n) is 6.17. The van der Waals surface area contributed by atoms with Gasteiger partial charge in [0, 0.05) is 0 Å². The van der Waals surface area contributed by atoms with Crippen LogP contribution in [0.5, 0.6) is 5.75 Å². The van der Waals surface area contributed by atoms with Crippen LogP contribution >= 0.6 is 0 Å². The van der Waals surface area contributed by atoms with E-state index in [4.69, 9.17) is 9.47 Å². The summed E-state index contributed by atoms with van der Waals surface area (Å²) in [5.74, 6) is -0.368. The third-order valence-electron chi connectivity index (χ3n) is 4.31. The first kappa shape index (κ1) is 18.5. The number of rotatable bonds is 6. The molecular weight excluding hydrogens is 342 g/mol. The fourth-order valence-corrected chi connectivity index (χ4v) is 2.95. The van der Waals surface area contributed by atoms with E-state index in [1.54, 1.807) is 24.3 Å². The van der Waals surface area contributed by atoms with Gasteiger partial charge < -0.3 is 14.8 Å². The molecule has 1 N–H and O–H groups in total. The van der Waals surface area contributed by atoms with Crippen LogP contribution in [0.15, 0.2) is 66.7 Å². The van der Waals surface area contributed by atoms with Crippen molar-refractivity contribution in [3.63, 3.8) is 0 Å². The lowest BCUT2D eigenvalue weighted by Crippen LogP contribution is -2.31. The number of hydrogen-bond donors (Lipinski definition) is 1. The molecule has 138 valence electrons.